The summed E-state index contributed by atoms with van der Waals surface area (Å²) in [4.78, 5) is 4.23. The smallest absolute Gasteiger partial charge is 0.240 e. The van der Waals surface area contributed by atoms with E-state index in [4.69, 9.17) is 10.4 Å². The fourth-order valence-corrected chi connectivity index (χ4v) is 2.62. The molecule has 0 radical (unpaired) electrons. The zero-order valence-electron chi connectivity index (χ0n) is 10.7. The highest BCUT2D eigenvalue weighted by Gasteiger charge is 2.12. The predicted octanol–water partition coefficient (Wildman–Crippen LogP) is 0.378. The molecule has 0 fully saturated rings. The Kier molecular flexibility index (Phi) is 6.47. The second-order valence-corrected chi connectivity index (χ2v) is 6.04. The molecule has 108 valence electrons. The summed E-state index contributed by atoms with van der Waals surface area (Å²) < 4.78 is 25.8. The molecule has 1 rings (SSSR count). The molecule has 9 heteroatoms. The number of hydrogen-bond donors (Lipinski definition) is 3. The van der Waals surface area contributed by atoms with Gasteiger partial charge in [-0.15, -0.1) is 0 Å². The number of rotatable bonds is 5. The van der Waals surface area contributed by atoms with E-state index in [9.17, 15) is 8.42 Å². The summed E-state index contributed by atoms with van der Waals surface area (Å²) in [5.41, 5.74) is 0.526. The summed E-state index contributed by atoms with van der Waals surface area (Å²) >= 11 is 1.27. The van der Waals surface area contributed by atoms with Gasteiger partial charge in [0.15, 0.2) is 11.4 Å². The number of aliphatic imine (C=N–C) groups is 1. The van der Waals surface area contributed by atoms with Crippen molar-refractivity contribution in [1.29, 1.82) is 5.26 Å². The Hall–Kier alpha value is -1.60. The second kappa shape index (κ2) is 7.86. The summed E-state index contributed by atoms with van der Waals surface area (Å²) in [7, 11) is -3.62. The van der Waals surface area contributed by atoms with Crippen LogP contribution in [0.5, 0.6) is 0 Å². The first kappa shape index (κ1) is 16.5. The van der Waals surface area contributed by atoms with Gasteiger partial charge in [-0.25, -0.2) is 18.1 Å². The van der Waals surface area contributed by atoms with Gasteiger partial charge in [-0.1, -0.05) is 11.8 Å². The molecule has 0 amide bonds. The van der Waals surface area contributed by atoms with Crippen LogP contribution >= 0.6 is 11.8 Å². The number of nitriles is 1. The number of sulfonamides is 1. The maximum atomic E-state index is 11.8. The largest absolute Gasteiger partial charge is 0.395 e. The van der Waals surface area contributed by atoms with Crippen LogP contribution in [-0.2, 0) is 10.0 Å². The number of hydrogen-bond acceptors (Lipinski definition) is 6. The van der Waals surface area contributed by atoms with Gasteiger partial charge < -0.3 is 5.11 Å². The van der Waals surface area contributed by atoms with Crippen LogP contribution in [0.2, 0.25) is 0 Å². The molecule has 0 bridgehead atoms. The van der Waals surface area contributed by atoms with Crippen molar-refractivity contribution in [2.24, 2.45) is 4.99 Å². The highest BCUT2D eigenvalue weighted by atomic mass is 32.2. The number of nitrogens with one attached hydrogen (secondary N) is 2. The van der Waals surface area contributed by atoms with E-state index >= 15 is 0 Å². The van der Waals surface area contributed by atoms with Gasteiger partial charge in [0.05, 0.1) is 17.2 Å². The Bertz CT molecular complexity index is 606. The predicted molar refractivity (Wildman–Crippen MR) is 78.1 cm³/mol. The highest BCUT2D eigenvalue weighted by Crippen LogP contribution is 2.17. The van der Waals surface area contributed by atoms with Gasteiger partial charge in [-0.3, -0.25) is 5.32 Å². The molecule has 3 N–H and O–H groups in total. The van der Waals surface area contributed by atoms with Crippen LogP contribution in [0.3, 0.4) is 0 Å². The Morgan fingerprint density at radius 1 is 1.45 bits per heavy atom. The van der Waals surface area contributed by atoms with Gasteiger partial charge in [0.25, 0.3) is 0 Å². The highest BCUT2D eigenvalue weighted by molar-refractivity contribution is 8.13. The van der Waals surface area contributed by atoms with Gasteiger partial charge in [0.2, 0.25) is 10.0 Å². The van der Waals surface area contributed by atoms with Crippen LogP contribution in [0.25, 0.3) is 0 Å². The van der Waals surface area contributed by atoms with E-state index in [1.54, 1.807) is 12.4 Å². The SMILES string of the molecule is CSC(=Nc1ccc(S(=O)(=O)NCCO)cc1)NC#N. The average molecular weight is 314 g/mol. The van der Waals surface area contributed by atoms with Crippen LogP contribution in [0, 0.1) is 11.5 Å². The molecular weight excluding hydrogens is 300 g/mol. The molecule has 1 aromatic carbocycles. The molecular formula is C11H14N4O3S2. The van der Waals surface area contributed by atoms with E-state index in [1.165, 1.54) is 36.0 Å². The van der Waals surface area contributed by atoms with Crippen LogP contribution in [0.15, 0.2) is 34.2 Å². The van der Waals surface area contributed by atoms with E-state index in [1.807, 2.05) is 0 Å². The lowest BCUT2D eigenvalue weighted by Gasteiger charge is -2.05. The number of nitrogens with zero attached hydrogens (tertiary/aromatic N) is 2. The van der Waals surface area contributed by atoms with E-state index in [2.05, 4.69) is 15.0 Å². The molecule has 7 nitrogen and oxygen atoms in total. The number of amidine groups is 1. The third-order valence-electron chi connectivity index (χ3n) is 2.14. The Morgan fingerprint density at radius 3 is 2.60 bits per heavy atom. The minimum Gasteiger partial charge on any atom is -0.395 e. The van der Waals surface area contributed by atoms with Crippen molar-refractivity contribution in [3.63, 3.8) is 0 Å². The Morgan fingerprint density at radius 2 is 2.10 bits per heavy atom. The van der Waals surface area contributed by atoms with E-state index in [0.29, 0.717) is 10.9 Å². The van der Waals surface area contributed by atoms with Crippen molar-refractivity contribution in [2.45, 2.75) is 4.90 Å². The minimum atomic E-state index is -3.62. The van der Waals surface area contributed by atoms with Gasteiger partial charge >= 0.3 is 0 Å². The number of benzene rings is 1. The molecule has 0 saturated heterocycles. The number of aliphatic hydroxyl groups excluding tert-OH is 1. The Labute approximate surface area is 121 Å². The lowest BCUT2D eigenvalue weighted by Crippen LogP contribution is -2.26. The van der Waals surface area contributed by atoms with Crippen LogP contribution in [0.4, 0.5) is 5.69 Å². The van der Waals surface area contributed by atoms with Crippen molar-refractivity contribution in [3.8, 4) is 6.19 Å². The maximum Gasteiger partial charge on any atom is 0.240 e. The molecule has 0 heterocycles. The average Bonchev–Trinajstić information content (AvgIpc) is 2.45. The molecule has 0 aliphatic rings. The van der Waals surface area contributed by atoms with Gasteiger partial charge in [0, 0.05) is 6.54 Å². The molecule has 20 heavy (non-hydrogen) atoms. The third kappa shape index (κ3) is 4.82. The lowest BCUT2D eigenvalue weighted by atomic mass is 10.3. The topological polar surface area (TPSA) is 115 Å². The Balaban J connectivity index is 2.92. The molecule has 0 aliphatic heterocycles. The molecule has 1 aromatic rings. The van der Waals surface area contributed by atoms with Crippen LogP contribution in [-0.4, -0.2) is 38.1 Å². The first-order valence-corrected chi connectivity index (χ1v) is 8.22. The lowest BCUT2D eigenvalue weighted by molar-refractivity contribution is 0.301. The van der Waals surface area contributed by atoms with Crippen molar-refractivity contribution < 1.29 is 13.5 Å². The summed E-state index contributed by atoms with van der Waals surface area (Å²) in [5, 5.41) is 20.0. The molecule has 0 aliphatic carbocycles. The standard InChI is InChI=1S/C11H14N4O3S2/c1-19-11(13-8-12)15-9-2-4-10(5-3-9)20(17,18)14-6-7-16/h2-5,14,16H,6-7H2,1H3,(H,13,15). The fraction of sp³-hybridized carbons (Fsp3) is 0.273. The maximum absolute atomic E-state index is 11.8. The van der Waals surface area contributed by atoms with Gasteiger partial charge in [-0.2, -0.15) is 5.26 Å². The van der Waals surface area contributed by atoms with Crippen molar-refractivity contribution >= 4 is 32.6 Å². The third-order valence-corrected chi connectivity index (χ3v) is 4.19. The van der Waals surface area contributed by atoms with E-state index in [-0.39, 0.29) is 18.0 Å². The summed E-state index contributed by atoms with van der Waals surface area (Å²) in [6.07, 6.45) is 3.53. The quantitative estimate of drug-likeness (QED) is 0.313. The second-order valence-electron chi connectivity index (χ2n) is 3.47. The first-order chi connectivity index (χ1) is 9.53. The van der Waals surface area contributed by atoms with Crippen LogP contribution < -0.4 is 10.0 Å². The normalized spacial score (nSPS) is 11.9. The summed E-state index contributed by atoms with van der Waals surface area (Å²) in [5.74, 6) is 0. The van der Waals surface area contributed by atoms with Crippen molar-refractivity contribution in [1.82, 2.24) is 10.0 Å². The van der Waals surface area contributed by atoms with Crippen molar-refractivity contribution in [3.05, 3.63) is 24.3 Å². The molecule has 0 aromatic heterocycles. The van der Waals surface area contributed by atoms with Gasteiger partial charge in [-0.05, 0) is 30.5 Å². The monoisotopic (exact) mass is 314 g/mol. The summed E-state index contributed by atoms with van der Waals surface area (Å²) in [6, 6.07) is 5.87. The minimum absolute atomic E-state index is 0.0368. The zero-order chi connectivity index (χ0) is 15.0. The summed E-state index contributed by atoms with van der Waals surface area (Å²) in [6.45, 7) is -0.302. The van der Waals surface area contributed by atoms with Crippen molar-refractivity contribution in [2.75, 3.05) is 19.4 Å². The molecule has 0 saturated carbocycles. The molecule has 0 unspecified atom stereocenters. The zero-order valence-corrected chi connectivity index (χ0v) is 12.3. The number of thioether (sulfide) groups is 1. The number of aliphatic hydroxyl groups is 1. The van der Waals surface area contributed by atoms with E-state index < -0.39 is 10.0 Å². The van der Waals surface area contributed by atoms with E-state index in [0.717, 1.165) is 0 Å². The first-order valence-electron chi connectivity index (χ1n) is 5.52. The van der Waals surface area contributed by atoms with Crippen LogP contribution in [0.1, 0.15) is 0 Å². The van der Waals surface area contributed by atoms with Gasteiger partial charge in [0.1, 0.15) is 0 Å². The molecule has 0 spiro atoms. The molecule has 0 atom stereocenters. The fourth-order valence-electron chi connectivity index (χ4n) is 1.25.